The average Bonchev–Trinajstić information content (AvgIpc) is 2.11. The maximum Gasteiger partial charge on any atom is -0.000559 e. The van der Waals surface area contributed by atoms with Crippen LogP contribution in [0.15, 0.2) is 0 Å². The number of nitrogens with one attached hydrogen (secondary N) is 1. The van der Waals surface area contributed by atoms with Gasteiger partial charge in [-0.15, -0.1) is 12.4 Å². The van der Waals surface area contributed by atoms with E-state index in [1.54, 1.807) is 0 Å². The van der Waals surface area contributed by atoms with Gasteiger partial charge in [0, 0.05) is 0 Å². The van der Waals surface area contributed by atoms with Gasteiger partial charge < -0.3 is 5.32 Å². The molecular formula is C8H16ClN. The molecule has 1 aliphatic heterocycles. The van der Waals surface area contributed by atoms with Crippen molar-refractivity contribution >= 4 is 12.4 Å². The zero-order valence-electron chi connectivity index (χ0n) is 6.31. The maximum atomic E-state index is 3.34. The molecule has 60 valence electrons. The number of rotatable bonds is 1. The molecule has 0 atom stereocenters. The van der Waals surface area contributed by atoms with Crippen LogP contribution < -0.4 is 5.32 Å². The third-order valence-corrected chi connectivity index (χ3v) is 2.88. The Morgan fingerprint density at radius 3 is 1.90 bits per heavy atom. The fourth-order valence-electron chi connectivity index (χ4n) is 2.07. The Balaban J connectivity index is 0.000000500. The minimum absolute atomic E-state index is 0. The summed E-state index contributed by atoms with van der Waals surface area (Å²) in [6, 6.07) is 0. The van der Waals surface area contributed by atoms with Gasteiger partial charge in [-0.25, -0.2) is 0 Å². The van der Waals surface area contributed by atoms with Crippen LogP contribution in [0.1, 0.15) is 25.7 Å². The SMILES string of the molecule is C1CCC(C2CNC2)C1.Cl. The molecule has 0 bridgehead atoms. The third kappa shape index (κ3) is 1.46. The van der Waals surface area contributed by atoms with E-state index in [1.807, 2.05) is 0 Å². The smallest absolute Gasteiger partial charge is 0.000559 e. The summed E-state index contributed by atoms with van der Waals surface area (Å²) in [6.07, 6.45) is 6.04. The van der Waals surface area contributed by atoms with Gasteiger partial charge in [0.15, 0.2) is 0 Å². The average molecular weight is 162 g/mol. The van der Waals surface area contributed by atoms with Crippen LogP contribution in [0.2, 0.25) is 0 Å². The van der Waals surface area contributed by atoms with Gasteiger partial charge in [0.1, 0.15) is 0 Å². The summed E-state index contributed by atoms with van der Waals surface area (Å²) in [4.78, 5) is 0. The second-order valence-corrected chi connectivity index (χ2v) is 3.46. The normalized spacial score (nSPS) is 27.6. The van der Waals surface area contributed by atoms with Gasteiger partial charge in [0.05, 0.1) is 0 Å². The molecular weight excluding hydrogens is 146 g/mol. The Labute approximate surface area is 69.0 Å². The van der Waals surface area contributed by atoms with Gasteiger partial charge in [0.2, 0.25) is 0 Å². The van der Waals surface area contributed by atoms with Crippen molar-refractivity contribution in [3.63, 3.8) is 0 Å². The van der Waals surface area contributed by atoms with Crippen LogP contribution in [0, 0.1) is 11.8 Å². The topological polar surface area (TPSA) is 12.0 Å². The van der Waals surface area contributed by atoms with E-state index in [1.165, 1.54) is 38.8 Å². The first-order valence-electron chi connectivity index (χ1n) is 4.17. The summed E-state index contributed by atoms with van der Waals surface area (Å²) >= 11 is 0. The lowest BCUT2D eigenvalue weighted by molar-refractivity contribution is 0.237. The first-order chi connectivity index (χ1) is 4.47. The van der Waals surface area contributed by atoms with Gasteiger partial charge in [-0.2, -0.15) is 0 Å². The molecule has 0 aromatic carbocycles. The monoisotopic (exact) mass is 161 g/mol. The van der Waals surface area contributed by atoms with Crippen molar-refractivity contribution in [3.05, 3.63) is 0 Å². The third-order valence-electron chi connectivity index (χ3n) is 2.88. The molecule has 0 aromatic rings. The number of hydrogen-bond donors (Lipinski definition) is 1. The molecule has 2 heteroatoms. The summed E-state index contributed by atoms with van der Waals surface area (Å²) in [5.41, 5.74) is 0. The minimum Gasteiger partial charge on any atom is -0.316 e. The summed E-state index contributed by atoms with van der Waals surface area (Å²) in [5, 5.41) is 3.34. The molecule has 1 aliphatic carbocycles. The Morgan fingerprint density at radius 2 is 1.50 bits per heavy atom. The van der Waals surface area contributed by atoms with Crippen LogP contribution >= 0.6 is 12.4 Å². The molecule has 0 unspecified atom stereocenters. The summed E-state index contributed by atoms with van der Waals surface area (Å²) < 4.78 is 0. The Hall–Kier alpha value is 0.250. The van der Waals surface area contributed by atoms with Crippen LogP contribution in [0.3, 0.4) is 0 Å². The summed E-state index contributed by atoms with van der Waals surface area (Å²) in [5.74, 6) is 2.17. The van der Waals surface area contributed by atoms with Crippen molar-refractivity contribution in [3.8, 4) is 0 Å². The van der Waals surface area contributed by atoms with E-state index in [9.17, 15) is 0 Å². The molecule has 0 aromatic heterocycles. The fraction of sp³-hybridized carbons (Fsp3) is 1.00. The van der Waals surface area contributed by atoms with Gasteiger partial charge in [-0.1, -0.05) is 25.7 Å². The zero-order chi connectivity index (χ0) is 6.10. The van der Waals surface area contributed by atoms with Crippen LogP contribution in [0.4, 0.5) is 0 Å². The second-order valence-electron chi connectivity index (χ2n) is 3.46. The van der Waals surface area contributed by atoms with Crippen molar-refractivity contribution in [1.82, 2.24) is 5.32 Å². The quantitative estimate of drug-likeness (QED) is 0.619. The summed E-state index contributed by atoms with van der Waals surface area (Å²) in [7, 11) is 0. The number of halogens is 1. The van der Waals surface area contributed by atoms with E-state index in [2.05, 4.69) is 5.32 Å². The lowest BCUT2D eigenvalue weighted by Gasteiger charge is -2.32. The van der Waals surface area contributed by atoms with Gasteiger partial charge in [0.25, 0.3) is 0 Å². The van der Waals surface area contributed by atoms with Gasteiger partial charge in [-0.3, -0.25) is 0 Å². The largest absolute Gasteiger partial charge is 0.316 e. The van der Waals surface area contributed by atoms with Crippen molar-refractivity contribution in [2.24, 2.45) is 11.8 Å². The van der Waals surface area contributed by atoms with Crippen molar-refractivity contribution in [1.29, 1.82) is 0 Å². The molecule has 0 radical (unpaired) electrons. The molecule has 0 spiro atoms. The molecule has 2 aliphatic rings. The van der Waals surface area contributed by atoms with Gasteiger partial charge >= 0.3 is 0 Å². The molecule has 10 heavy (non-hydrogen) atoms. The lowest BCUT2D eigenvalue weighted by Crippen LogP contribution is -2.45. The highest BCUT2D eigenvalue weighted by atomic mass is 35.5. The molecule has 1 nitrogen and oxygen atoms in total. The lowest BCUT2D eigenvalue weighted by atomic mass is 9.86. The highest BCUT2D eigenvalue weighted by molar-refractivity contribution is 5.85. The molecule has 2 fully saturated rings. The first kappa shape index (κ1) is 8.35. The van der Waals surface area contributed by atoms with Crippen LogP contribution in [-0.4, -0.2) is 13.1 Å². The molecule has 1 heterocycles. The van der Waals surface area contributed by atoms with Crippen molar-refractivity contribution in [2.45, 2.75) is 25.7 Å². The van der Waals surface area contributed by atoms with Gasteiger partial charge in [-0.05, 0) is 24.9 Å². The zero-order valence-corrected chi connectivity index (χ0v) is 7.12. The van der Waals surface area contributed by atoms with E-state index in [0.717, 1.165) is 11.8 Å². The molecule has 1 N–H and O–H groups in total. The predicted molar refractivity (Wildman–Crippen MR) is 45.6 cm³/mol. The Morgan fingerprint density at radius 1 is 0.900 bits per heavy atom. The van der Waals surface area contributed by atoms with Crippen LogP contribution in [-0.2, 0) is 0 Å². The Kier molecular flexibility index (Phi) is 2.99. The van der Waals surface area contributed by atoms with E-state index >= 15 is 0 Å². The van der Waals surface area contributed by atoms with E-state index in [4.69, 9.17) is 0 Å². The minimum atomic E-state index is 0. The molecule has 1 saturated heterocycles. The van der Waals surface area contributed by atoms with E-state index < -0.39 is 0 Å². The van der Waals surface area contributed by atoms with E-state index in [0.29, 0.717) is 0 Å². The first-order valence-corrected chi connectivity index (χ1v) is 4.17. The second kappa shape index (κ2) is 3.59. The molecule has 0 amide bonds. The standard InChI is InChI=1S/C8H15N.ClH/c1-2-4-7(3-1)8-5-9-6-8;/h7-9H,1-6H2;1H. The van der Waals surface area contributed by atoms with Crippen molar-refractivity contribution in [2.75, 3.05) is 13.1 Å². The van der Waals surface area contributed by atoms with Crippen LogP contribution in [0.5, 0.6) is 0 Å². The summed E-state index contributed by atoms with van der Waals surface area (Å²) in [6.45, 7) is 2.62. The van der Waals surface area contributed by atoms with E-state index in [-0.39, 0.29) is 12.4 Å². The number of hydrogen-bond acceptors (Lipinski definition) is 1. The Bertz CT molecular complexity index is 95.4. The molecule has 1 saturated carbocycles. The predicted octanol–water partition coefficient (Wildman–Crippen LogP) is 1.82. The van der Waals surface area contributed by atoms with Crippen LogP contribution in [0.25, 0.3) is 0 Å². The fourth-order valence-corrected chi connectivity index (χ4v) is 2.07. The van der Waals surface area contributed by atoms with Crippen molar-refractivity contribution < 1.29 is 0 Å². The highest BCUT2D eigenvalue weighted by Gasteiger charge is 2.28. The molecule has 2 rings (SSSR count). The highest BCUT2D eigenvalue weighted by Crippen LogP contribution is 2.32. The maximum absolute atomic E-state index is 3.34.